The summed E-state index contributed by atoms with van der Waals surface area (Å²) in [4.78, 5) is 30.8. The van der Waals surface area contributed by atoms with Gasteiger partial charge >= 0.3 is 6.03 Å². The molecule has 1 aromatic carbocycles. The van der Waals surface area contributed by atoms with Crippen molar-refractivity contribution in [2.75, 3.05) is 45.1 Å². The highest BCUT2D eigenvalue weighted by Gasteiger charge is 2.38. The summed E-state index contributed by atoms with van der Waals surface area (Å²) in [7, 11) is 1.81. The Morgan fingerprint density at radius 1 is 1.18 bits per heavy atom. The number of amides is 3. The number of rotatable bonds is 4. The Bertz CT molecular complexity index is 838. The number of anilines is 1. The Hall–Kier alpha value is -3.00. The number of carbonyl (C=O) groups is 2. The zero-order valence-electron chi connectivity index (χ0n) is 15.8. The maximum absolute atomic E-state index is 12.8. The summed E-state index contributed by atoms with van der Waals surface area (Å²) in [6.45, 7) is 3.56. The van der Waals surface area contributed by atoms with Gasteiger partial charge in [-0.2, -0.15) is 0 Å². The van der Waals surface area contributed by atoms with Crippen molar-refractivity contribution in [1.82, 2.24) is 14.7 Å². The van der Waals surface area contributed by atoms with Crippen molar-refractivity contribution in [2.24, 2.45) is 0 Å². The number of urea groups is 1. The normalized spacial score (nSPS) is 20.0. The number of ether oxygens (including phenoxy) is 1. The van der Waals surface area contributed by atoms with Crippen LogP contribution < -0.4 is 10.1 Å². The highest BCUT2D eigenvalue weighted by molar-refractivity contribution is 5.92. The van der Waals surface area contributed by atoms with E-state index in [0.717, 1.165) is 13.1 Å². The molecule has 1 aromatic heterocycles. The molecule has 148 valence electrons. The number of para-hydroxylation sites is 2. The number of fused-ring (bicyclic) bond motifs is 1. The van der Waals surface area contributed by atoms with Gasteiger partial charge in [0.05, 0.1) is 12.0 Å². The van der Waals surface area contributed by atoms with Crippen molar-refractivity contribution in [3.63, 3.8) is 0 Å². The molecule has 3 amide bonds. The first-order chi connectivity index (χ1) is 13.6. The van der Waals surface area contributed by atoms with Crippen LogP contribution in [0.25, 0.3) is 0 Å². The maximum Gasteiger partial charge on any atom is 0.322 e. The van der Waals surface area contributed by atoms with E-state index in [-0.39, 0.29) is 24.6 Å². The maximum atomic E-state index is 12.8. The third kappa shape index (κ3) is 3.82. The van der Waals surface area contributed by atoms with Gasteiger partial charge in [0.25, 0.3) is 0 Å². The van der Waals surface area contributed by atoms with Gasteiger partial charge in [0.2, 0.25) is 5.91 Å². The SMILES string of the molecule is CN1CCN2CCN(C(=O)Nc3ccccc3OCc3ccco3)C[C@@H]2C1=O. The number of likely N-dealkylation sites (N-methyl/N-ethyl adjacent to an activating group) is 1. The van der Waals surface area contributed by atoms with Crippen molar-refractivity contribution in [3.8, 4) is 5.75 Å². The molecule has 8 heteroatoms. The van der Waals surface area contributed by atoms with Gasteiger partial charge in [0.1, 0.15) is 24.2 Å². The van der Waals surface area contributed by atoms with Gasteiger partial charge in [-0.25, -0.2) is 4.79 Å². The Labute approximate surface area is 163 Å². The molecule has 28 heavy (non-hydrogen) atoms. The fourth-order valence-corrected chi connectivity index (χ4v) is 3.58. The molecule has 0 radical (unpaired) electrons. The van der Waals surface area contributed by atoms with Crippen LogP contribution in [0.2, 0.25) is 0 Å². The zero-order chi connectivity index (χ0) is 19.5. The molecule has 2 saturated heterocycles. The van der Waals surface area contributed by atoms with Gasteiger partial charge in [-0.05, 0) is 24.3 Å². The lowest BCUT2D eigenvalue weighted by atomic mass is 10.1. The number of carbonyl (C=O) groups excluding carboxylic acids is 2. The molecule has 8 nitrogen and oxygen atoms in total. The van der Waals surface area contributed by atoms with E-state index >= 15 is 0 Å². The number of piperazine rings is 2. The molecule has 3 heterocycles. The molecular formula is C20H24N4O4. The first-order valence-corrected chi connectivity index (χ1v) is 9.41. The smallest absolute Gasteiger partial charge is 0.322 e. The van der Waals surface area contributed by atoms with Crippen LogP contribution in [-0.2, 0) is 11.4 Å². The van der Waals surface area contributed by atoms with E-state index in [0.29, 0.717) is 36.8 Å². The van der Waals surface area contributed by atoms with Crippen LogP contribution >= 0.6 is 0 Å². The summed E-state index contributed by atoms with van der Waals surface area (Å²) in [5.74, 6) is 1.35. The molecular weight excluding hydrogens is 360 g/mol. The van der Waals surface area contributed by atoms with E-state index in [9.17, 15) is 9.59 Å². The minimum Gasteiger partial charge on any atom is -0.483 e. The number of nitrogens with zero attached hydrogens (tertiary/aromatic N) is 3. The predicted octanol–water partition coefficient (Wildman–Crippen LogP) is 1.85. The van der Waals surface area contributed by atoms with E-state index in [4.69, 9.17) is 9.15 Å². The Morgan fingerprint density at radius 3 is 2.82 bits per heavy atom. The van der Waals surface area contributed by atoms with Crippen LogP contribution in [0.3, 0.4) is 0 Å². The molecule has 0 spiro atoms. The highest BCUT2D eigenvalue weighted by atomic mass is 16.5. The quantitative estimate of drug-likeness (QED) is 0.870. The molecule has 2 aromatic rings. The fourth-order valence-electron chi connectivity index (χ4n) is 3.58. The number of hydrogen-bond donors (Lipinski definition) is 1. The molecule has 0 saturated carbocycles. The van der Waals surface area contributed by atoms with Crippen LogP contribution in [0, 0.1) is 0 Å². The summed E-state index contributed by atoms with van der Waals surface area (Å²) in [6, 6.07) is 10.4. The van der Waals surface area contributed by atoms with E-state index in [2.05, 4.69) is 10.2 Å². The molecule has 0 unspecified atom stereocenters. The van der Waals surface area contributed by atoms with E-state index in [1.165, 1.54) is 0 Å². The van der Waals surface area contributed by atoms with Crippen molar-refractivity contribution in [1.29, 1.82) is 0 Å². The summed E-state index contributed by atoms with van der Waals surface area (Å²) in [6.07, 6.45) is 1.59. The zero-order valence-corrected chi connectivity index (χ0v) is 15.8. The van der Waals surface area contributed by atoms with E-state index < -0.39 is 0 Å². The molecule has 2 aliphatic heterocycles. The van der Waals surface area contributed by atoms with Crippen molar-refractivity contribution < 1.29 is 18.7 Å². The standard InChI is InChI=1S/C20H24N4O4/c1-22-8-9-23-10-11-24(13-17(23)19(22)25)20(26)21-16-6-2-3-7-18(16)28-14-15-5-4-12-27-15/h2-7,12,17H,8-11,13-14H2,1H3,(H,21,26)/t17-/m1/s1. The first-order valence-electron chi connectivity index (χ1n) is 9.41. The monoisotopic (exact) mass is 384 g/mol. The van der Waals surface area contributed by atoms with Crippen molar-refractivity contribution in [3.05, 3.63) is 48.4 Å². The van der Waals surface area contributed by atoms with E-state index in [1.54, 1.807) is 34.3 Å². The van der Waals surface area contributed by atoms with Gasteiger partial charge in [0.15, 0.2) is 0 Å². The van der Waals surface area contributed by atoms with Crippen LogP contribution in [0.15, 0.2) is 47.1 Å². The summed E-state index contributed by atoms with van der Waals surface area (Å²) < 4.78 is 11.1. The lowest BCUT2D eigenvalue weighted by Crippen LogP contribution is -2.65. The Morgan fingerprint density at radius 2 is 2.00 bits per heavy atom. The number of nitrogens with one attached hydrogen (secondary N) is 1. The molecule has 1 atom stereocenters. The van der Waals surface area contributed by atoms with Gasteiger partial charge in [-0.15, -0.1) is 0 Å². The average Bonchev–Trinajstić information content (AvgIpc) is 3.23. The molecule has 1 N–H and O–H groups in total. The van der Waals surface area contributed by atoms with Crippen LogP contribution in [0.1, 0.15) is 5.76 Å². The van der Waals surface area contributed by atoms with Crippen molar-refractivity contribution in [2.45, 2.75) is 12.6 Å². The molecule has 4 rings (SSSR count). The van der Waals surface area contributed by atoms with Gasteiger partial charge < -0.3 is 24.3 Å². The minimum atomic E-state index is -0.260. The lowest BCUT2D eigenvalue weighted by Gasteiger charge is -2.45. The average molecular weight is 384 g/mol. The first kappa shape index (κ1) is 18.4. The van der Waals surface area contributed by atoms with Crippen LogP contribution in [0.5, 0.6) is 5.75 Å². The second-order valence-corrected chi connectivity index (χ2v) is 7.05. The van der Waals surface area contributed by atoms with Crippen LogP contribution in [-0.4, -0.2) is 72.5 Å². The third-order valence-corrected chi connectivity index (χ3v) is 5.24. The van der Waals surface area contributed by atoms with Crippen molar-refractivity contribution >= 4 is 17.6 Å². The summed E-state index contributed by atoms with van der Waals surface area (Å²) >= 11 is 0. The number of furan rings is 1. The van der Waals surface area contributed by atoms with Gasteiger partial charge in [-0.3, -0.25) is 9.69 Å². The second-order valence-electron chi connectivity index (χ2n) is 7.05. The topological polar surface area (TPSA) is 78.3 Å². The molecule has 0 aliphatic carbocycles. The van der Waals surface area contributed by atoms with Crippen LogP contribution in [0.4, 0.5) is 10.5 Å². The molecule has 0 bridgehead atoms. The largest absolute Gasteiger partial charge is 0.483 e. The third-order valence-electron chi connectivity index (χ3n) is 5.24. The predicted molar refractivity (Wildman–Crippen MR) is 103 cm³/mol. The van der Waals surface area contributed by atoms with Gasteiger partial charge in [-0.1, -0.05) is 12.1 Å². The summed E-state index contributed by atoms with van der Waals surface area (Å²) in [5, 5.41) is 2.92. The lowest BCUT2D eigenvalue weighted by molar-refractivity contribution is -0.142. The van der Waals surface area contributed by atoms with Gasteiger partial charge in [0, 0.05) is 39.8 Å². The minimum absolute atomic E-state index is 0.0749. The number of benzene rings is 1. The Balaban J connectivity index is 1.40. The van der Waals surface area contributed by atoms with E-state index in [1.807, 2.05) is 25.2 Å². The Kier molecular flexibility index (Phi) is 5.21. The summed E-state index contributed by atoms with van der Waals surface area (Å²) in [5.41, 5.74) is 0.591. The fraction of sp³-hybridized carbons (Fsp3) is 0.400. The number of hydrogen-bond acceptors (Lipinski definition) is 5. The molecule has 2 fully saturated rings. The highest BCUT2D eigenvalue weighted by Crippen LogP contribution is 2.26. The second kappa shape index (κ2) is 7.93. The molecule has 2 aliphatic rings.